The molecule has 1 aliphatic rings. The highest BCUT2D eigenvalue weighted by Crippen LogP contribution is 2.16. The van der Waals surface area contributed by atoms with Crippen LogP contribution in [0.5, 0.6) is 0 Å². The first-order valence-corrected chi connectivity index (χ1v) is 9.24. The summed E-state index contributed by atoms with van der Waals surface area (Å²) in [5, 5.41) is 11.9. The molecule has 0 unspecified atom stereocenters. The van der Waals surface area contributed by atoms with E-state index >= 15 is 0 Å². The van der Waals surface area contributed by atoms with Gasteiger partial charge in [0.1, 0.15) is 0 Å². The van der Waals surface area contributed by atoms with Gasteiger partial charge in [-0.3, -0.25) is 4.90 Å². The van der Waals surface area contributed by atoms with Gasteiger partial charge in [-0.05, 0) is 41.6 Å². The highest BCUT2D eigenvalue weighted by atomic mass is 32.2. The molecule has 0 N–H and O–H groups in total. The number of hydrogen-bond donors (Lipinski definition) is 0. The molecule has 124 valence electrons. The number of sulfone groups is 1. The van der Waals surface area contributed by atoms with Crippen LogP contribution in [-0.2, 0) is 21.1 Å². The number of aromatic nitrogens is 4. The van der Waals surface area contributed by atoms with E-state index in [0.717, 1.165) is 12.2 Å². The van der Waals surface area contributed by atoms with Crippen LogP contribution in [0.15, 0.2) is 29.2 Å². The van der Waals surface area contributed by atoms with E-state index in [-0.39, 0.29) is 4.90 Å². The lowest BCUT2D eigenvalue weighted by molar-refractivity contribution is -0.00579. The standard InChI is InChI=1S/C14H19N5O3S/c1-11-10-22-8-7-18(11)9-14-15-16-17-19(14)12-3-5-13(6-4-12)23(2,20)21/h3-6,11H,7-10H2,1-2H3/t11-/m1/s1. The maximum absolute atomic E-state index is 11.5. The van der Waals surface area contributed by atoms with Crippen LogP contribution < -0.4 is 0 Å². The van der Waals surface area contributed by atoms with Crippen LogP contribution >= 0.6 is 0 Å². The van der Waals surface area contributed by atoms with Crippen LogP contribution in [0.4, 0.5) is 0 Å². The molecule has 1 saturated heterocycles. The van der Waals surface area contributed by atoms with E-state index in [9.17, 15) is 8.42 Å². The lowest BCUT2D eigenvalue weighted by Crippen LogP contribution is -2.43. The van der Waals surface area contributed by atoms with Gasteiger partial charge in [0.15, 0.2) is 15.7 Å². The summed E-state index contributed by atoms with van der Waals surface area (Å²) in [7, 11) is -3.21. The predicted molar refractivity (Wildman–Crippen MR) is 83.0 cm³/mol. The fraction of sp³-hybridized carbons (Fsp3) is 0.500. The molecule has 3 rings (SSSR count). The van der Waals surface area contributed by atoms with Crippen molar-refractivity contribution >= 4 is 9.84 Å². The van der Waals surface area contributed by atoms with E-state index in [4.69, 9.17) is 4.74 Å². The Bertz CT molecular complexity index is 772. The third-order valence-electron chi connectivity index (χ3n) is 3.89. The molecule has 23 heavy (non-hydrogen) atoms. The average Bonchev–Trinajstić information content (AvgIpc) is 2.97. The summed E-state index contributed by atoms with van der Waals surface area (Å²) in [6.07, 6.45) is 1.18. The fourth-order valence-corrected chi connectivity index (χ4v) is 3.15. The minimum absolute atomic E-state index is 0.276. The van der Waals surface area contributed by atoms with Crippen LogP contribution in [0, 0.1) is 0 Å². The van der Waals surface area contributed by atoms with E-state index in [0.29, 0.717) is 31.6 Å². The van der Waals surface area contributed by atoms with Crippen molar-refractivity contribution in [2.24, 2.45) is 0 Å². The van der Waals surface area contributed by atoms with Crippen molar-refractivity contribution in [1.29, 1.82) is 0 Å². The molecule has 8 nitrogen and oxygen atoms in total. The normalized spacial score (nSPS) is 19.8. The Hall–Kier alpha value is -1.84. The number of ether oxygens (including phenoxy) is 1. The minimum Gasteiger partial charge on any atom is -0.379 e. The second-order valence-corrected chi connectivity index (χ2v) is 7.68. The first kappa shape index (κ1) is 16.0. The fourth-order valence-electron chi connectivity index (χ4n) is 2.52. The Balaban J connectivity index is 1.83. The second kappa shape index (κ2) is 6.34. The molecule has 1 aromatic heterocycles. The molecule has 2 aromatic rings. The Morgan fingerprint density at radius 3 is 2.70 bits per heavy atom. The van der Waals surface area contributed by atoms with Crippen LogP contribution in [0.1, 0.15) is 12.7 Å². The molecule has 1 atom stereocenters. The van der Waals surface area contributed by atoms with Crippen molar-refractivity contribution < 1.29 is 13.2 Å². The van der Waals surface area contributed by atoms with Crippen LogP contribution in [0.3, 0.4) is 0 Å². The molecular weight excluding hydrogens is 318 g/mol. The number of tetrazole rings is 1. The molecular formula is C14H19N5O3S. The molecule has 2 heterocycles. The van der Waals surface area contributed by atoms with E-state index in [1.807, 2.05) is 0 Å². The molecule has 1 aromatic carbocycles. The quantitative estimate of drug-likeness (QED) is 0.792. The van der Waals surface area contributed by atoms with Crippen molar-refractivity contribution in [3.05, 3.63) is 30.1 Å². The average molecular weight is 337 g/mol. The lowest BCUT2D eigenvalue weighted by Gasteiger charge is -2.32. The molecule has 0 radical (unpaired) electrons. The highest BCUT2D eigenvalue weighted by molar-refractivity contribution is 7.90. The molecule has 0 amide bonds. The summed E-state index contributed by atoms with van der Waals surface area (Å²) in [6.45, 7) is 4.96. The van der Waals surface area contributed by atoms with Gasteiger partial charge in [0.2, 0.25) is 0 Å². The Morgan fingerprint density at radius 1 is 1.30 bits per heavy atom. The van der Waals surface area contributed by atoms with Crippen molar-refractivity contribution in [3.8, 4) is 5.69 Å². The maximum Gasteiger partial charge on any atom is 0.175 e. The second-order valence-electron chi connectivity index (χ2n) is 5.67. The van der Waals surface area contributed by atoms with Crippen LogP contribution in [0.2, 0.25) is 0 Å². The van der Waals surface area contributed by atoms with E-state index < -0.39 is 9.84 Å². The van der Waals surface area contributed by atoms with E-state index in [1.54, 1.807) is 28.9 Å². The van der Waals surface area contributed by atoms with Crippen molar-refractivity contribution in [2.75, 3.05) is 26.0 Å². The summed E-state index contributed by atoms with van der Waals surface area (Å²) in [5.41, 5.74) is 0.735. The number of hydrogen-bond acceptors (Lipinski definition) is 7. The SMILES string of the molecule is C[C@@H]1COCCN1Cc1nnnn1-c1ccc(S(C)(=O)=O)cc1. The minimum atomic E-state index is -3.21. The molecule has 0 spiro atoms. The number of morpholine rings is 1. The Labute approximate surface area is 135 Å². The smallest absolute Gasteiger partial charge is 0.175 e. The van der Waals surface area contributed by atoms with Crippen molar-refractivity contribution in [2.45, 2.75) is 24.4 Å². The van der Waals surface area contributed by atoms with Gasteiger partial charge < -0.3 is 4.74 Å². The number of rotatable bonds is 4. The molecule has 1 aliphatic heterocycles. The van der Waals surface area contributed by atoms with Crippen molar-refractivity contribution in [1.82, 2.24) is 25.1 Å². The molecule has 9 heteroatoms. The third-order valence-corrected chi connectivity index (χ3v) is 5.02. The Kier molecular flexibility index (Phi) is 4.42. The number of benzene rings is 1. The zero-order valence-electron chi connectivity index (χ0n) is 13.1. The lowest BCUT2D eigenvalue weighted by atomic mass is 10.2. The van der Waals surface area contributed by atoms with Crippen molar-refractivity contribution in [3.63, 3.8) is 0 Å². The highest BCUT2D eigenvalue weighted by Gasteiger charge is 2.21. The third kappa shape index (κ3) is 3.57. The molecule has 1 fully saturated rings. The van der Waals surface area contributed by atoms with Gasteiger partial charge >= 0.3 is 0 Å². The zero-order valence-corrected chi connectivity index (χ0v) is 13.9. The van der Waals surface area contributed by atoms with Gasteiger partial charge in [0.25, 0.3) is 0 Å². The summed E-state index contributed by atoms with van der Waals surface area (Å²) < 4.78 is 30.1. The predicted octanol–water partition coefficient (Wildman–Crippen LogP) is 0.287. The molecule has 0 bridgehead atoms. The summed E-state index contributed by atoms with van der Waals surface area (Å²) in [4.78, 5) is 2.54. The van der Waals surface area contributed by atoms with Gasteiger partial charge in [-0.25, -0.2) is 8.42 Å². The van der Waals surface area contributed by atoms with Crippen LogP contribution in [-0.4, -0.2) is 65.6 Å². The number of nitrogens with zero attached hydrogens (tertiary/aromatic N) is 5. The van der Waals surface area contributed by atoms with E-state index in [1.165, 1.54) is 6.26 Å². The van der Waals surface area contributed by atoms with E-state index in [2.05, 4.69) is 27.3 Å². The zero-order chi connectivity index (χ0) is 16.4. The molecule has 0 aliphatic carbocycles. The largest absolute Gasteiger partial charge is 0.379 e. The van der Waals surface area contributed by atoms with Gasteiger partial charge in [-0.15, -0.1) is 5.10 Å². The van der Waals surface area contributed by atoms with Gasteiger partial charge in [0.05, 0.1) is 30.3 Å². The topological polar surface area (TPSA) is 90.2 Å². The summed E-state index contributed by atoms with van der Waals surface area (Å²) in [6, 6.07) is 6.85. The van der Waals surface area contributed by atoms with Crippen LogP contribution in [0.25, 0.3) is 5.69 Å². The first-order valence-electron chi connectivity index (χ1n) is 7.35. The van der Waals surface area contributed by atoms with Gasteiger partial charge in [0, 0.05) is 18.8 Å². The summed E-state index contributed by atoms with van der Waals surface area (Å²) in [5.74, 6) is 0.714. The summed E-state index contributed by atoms with van der Waals surface area (Å²) >= 11 is 0. The molecule has 0 saturated carbocycles. The maximum atomic E-state index is 11.5. The monoisotopic (exact) mass is 337 g/mol. The van der Waals surface area contributed by atoms with Gasteiger partial charge in [-0.1, -0.05) is 0 Å². The first-order chi connectivity index (χ1) is 10.9. The van der Waals surface area contributed by atoms with Gasteiger partial charge in [-0.2, -0.15) is 4.68 Å². The Morgan fingerprint density at radius 2 is 2.04 bits per heavy atom.